The molecule has 0 spiro atoms. The summed E-state index contributed by atoms with van der Waals surface area (Å²) in [5, 5.41) is 7.26. The zero-order chi connectivity index (χ0) is 10.4. The summed E-state index contributed by atoms with van der Waals surface area (Å²) in [7, 11) is 1.88. The van der Waals surface area contributed by atoms with Crippen LogP contribution in [-0.2, 0) is 17.8 Å². The minimum atomic E-state index is 0.273. The SMILES string of the molecule is CNCc1ncn(CCOC(C)C)n1. The molecular formula is C9H18N4O. The second-order valence-electron chi connectivity index (χ2n) is 3.37. The largest absolute Gasteiger partial charge is 0.377 e. The highest BCUT2D eigenvalue weighted by molar-refractivity contribution is 4.79. The van der Waals surface area contributed by atoms with Gasteiger partial charge >= 0.3 is 0 Å². The summed E-state index contributed by atoms with van der Waals surface area (Å²) in [4.78, 5) is 4.14. The van der Waals surface area contributed by atoms with E-state index < -0.39 is 0 Å². The van der Waals surface area contributed by atoms with Gasteiger partial charge in [0.25, 0.3) is 0 Å². The molecule has 5 nitrogen and oxygen atoms in total. The summed E-state index contributed by atoms with van der Waals surface area (Å²) in [6.45, 7) is 6.19. The van der Waals surface area contributed by atoms with Crippen molar-refractivity contribution in [2.45, 2.75) is 33.0 Å². The molecule has 0 aliphatic heterocycles. The molecule has 0 bridgehead atoms. The molecular weight excluding hydrogens is 180 g/mol. The van der Waals surface area contributed by atoms with Crippen LogP contribution in [0.5, 0.6) is 0 Å². The Bertz CT molecular complexity index is 259. The number of ether oxygens (including phenoxy) is 1. The molecule has 0 saturated carbocycles. The third-order valence-corrected chi connectivity index (χ3v) is 1.69. The minimum absolute atomic E-state index is 0.273. The zero-order valence-corrected chi connectivity index (χ0v) is 9.03. The van der Waals surface area contributed by atoms with Gasteiger partial charge in [-0.2, -0.15) is 5.10 Å². The second kappa shape index (κ2) is 5.72. The Hall–Kier alpha value is -0.940. The van der Waals surface area contributed by atoms with Crippen LogP contribution < -0.4 is 5.32 Å². The Labute approximate surface area is 84.5 Å². The van der Waals surface area contributed by atoms with Crippen molar-refractivity contribution in [2.75, 3.05) is 13.7 Å². The first-order valence-electron chi connectivity index (χ1n) is 4.87. The number of rotatable bonds is 6. The Kier molecular flexibility index (Phi) is 4.55. The van der Waals surface area contributed by atoms with Gasteiger partial charge in [0.2, 0.25) is 0 Å². The number of nitrogens with one attached hydrogen (secondary N) is 1. The molecule has 0 radical (unpaired) electrons. The van der Waals surface area contributed by atoms with E-state index >= 15 is 0 Å². The van der Waals surface area contributed by atoms with Gasteiger partial charge in [-0.3, -0.25) is 4.68 Å². The first kappa shape index (κ1) is 11.1. The predicted molar refractivity (Wildman–Crippen MR) is 53.9 cm³/mol. The molecule has 0 aliphatic carbocycles. The highest BCUT2D eigenvalue weighted by atomic mass is 16.5. The minimum Gasteiger partial charge on any atom is -0.377 e. The molecule has 0 unspecified atom stereocenters. The van der Waals surface area contributed by atoms with Gasteiger partial charge in [0.05, 0.1) is 25.8 Å². The van der Waals surface area contributed by atoms with Crippen LogP contribution in [0, 0.1) is 0 Å². The molecule has 1 rings (SSSR count). The smallest absolute Gasteiger partial charge is 0.164 e. The van der Waals surface area contributed by atoms with E-state index in [0.29, 0.717) is 13.2 Å². The molecule has 1 aromatic heterocycles. The third-order valence-electron chi connectivity index (χ3n) is 1.69. The van der Waals surface area contributed by atoms with Crippen LogP contribution in [0.4, 0.5) is 0 Å². The third kappa shape index (κ3) is 3.85. The topological polar surface area (TPSA) is 52.0 Å². The van der Waals surface area contributed by atoms with Crippen molar-refractivity contribution in [3.8, 4) is 0 Å². The van der Waals surface area contributed by atoms with Gasteiger partial charge < -0.3 is 10.1 Å². The van der Waals surface area contributed by atoms with E-state index in [4.69, 9.17) is 4.74 Å². The van der Waals surface area contributed by atoms with Gasteiger partial charge in [-0.25, -0.2) is 4.98 Å². The summed E-state index contributed by atoms with van der Waals surface area (Å²) in [6, 6.07) is 0. The second-order valence-corrected chi connectivity index (χ2v) is 3.37. The van der Waals surface area contributed by atoms with Crippen molar-refractivity contribution in [1.82, 2.24) is 20.1 Å². The van der Waals surface area contributed by atoms with Crippen LogP contribution in [0.15, 0.2) is 6.33 Å². The van der Waals surface area contributed by atoms with Crippen LogP contribution >= 0.6 is 0 Å². The number of hydrogen-bond acceptors (Lipinski definition) is 4. The van der Waals surface area contributed by atoms with Gasteiger partial charge in [0.15, 0.2) is 5.82 Å². The van der Waals surface area contributed by atoms with Gasteiger partial charge in [-0.1, -0.05) is 0 Å². The first-order valence-corrected chi connectivity index (χ1v) is 4.87. The van der Waals surface area contributed by atoms with Crippen molar-refractivity contribution in [1.29, 1.82) is 0 Å². The van der Waals surface area contributed by atoms with E-state index in [1.54, 1.807) is 11.0 Å². The monoisotopic (exact) mass is 198 g/mol. The normalized spacial score (nSPS) is 11.1. The molecule has 80 valence electrons. The van der Waals surface area contributed by atoms with Crippen LogP contribution in [0.2, 0.25) is 0 Å². The Morgan fingerprint density at radius 2 is 2.36 bits per heavy atom. The Morgan fingerprint density at radius 1 is 1.57 bits per heavy atom. The fourth-order valence-electron chi connectivity index (χ4n) is 1.06. The Balaban J connectivity index is 2.28. The molecule has 0 atom stereocenters. The zero-order valence-electron chi connectivity index (χ0n) is 9.03. The molecule has 1 aromatic rings. The molecule has 0 amide bonds. The number of nitrogens with zero attached hydrogens (tertiary/aromatic N) is 3. The van der Waals surface area contributed by atoms with Crippen LogP contribution in [-0.4, -0.2) is 34.5 Å². The molecule has 1 N–H and O–H groups in total. The van der Waals surface area contributed by atoms with E-state index in [1.807, 2.05) is 20.9 Å². The van der Waals surface area contributed by atoms with Crippen LogP contribution in [0.1, 0.15) is 19.7 Å². The summed E-state index contributed by atoms with van der Waals surface area (Å²) < 4.78 is 7.21. The van der Waals surface area contributed by atoms with E-state index in [1.165, 1.54) is 0 Å². The van der Waals surface area contributed by atoms with Gasteiger partial charge in [0, 0.05) is 0 Å². The van der Waals surface area contributed by atoms with Gasteiger partial charge in [0.1, 0.15) is 6.33 Å². The highest BCUT2D eigenvalue weighted by Crippen LogP contribution is 1.92. The molecule has 1 heterocycles. The molecule has 5 heteroatoms. The first-order chi connectivity index (χ1) is 6.72. The average molecular weight is 198 g/mol. The molecule has 0 fully saturated rings. The lowest BCUT2D eigenvalue weighted by molar-refractivity contribution is 0.0709. The lowest BCUT2D eigenvalue weighted by Gasteiger charge is -2.06. The lowest BCUT2D eigenvalue weighted by Crippen LogP contribution is -2.12. The average Bonchev–Trinajstić information content (AvgIpc) is 2.53. The maximum Gasteiger partial charge on any atom is 0.164 e. The van der Waals surface area contributed by atoms with E-state index in [-0.39, 0.29) is 6.10 Å². The highest BCUT2D eigenvalue weighted by Gasteiger charge is 1.99. The molecule has 0 aromatic carbocycles. The predicted octanol–water partition coefficient (Wildman–Crippen LogP) is 0.422. The van der Waals surface area contributed by atoms with Crippen LogP contribution in [0.25, 0.3) is 0 Å². The summed E-state index contributed by atoms with van der Waals surface area (Å²) in [5.74, 6) is 0.817. The number of hydrogen-bond donors (Lipinski definition) is 1. The van der Waals surface area contributed by atoms with Crippen molar-refractivity contribution in [3.05, 3.63) is 12.2 Å². The Morgan fingerprint density at radius 3 is 3.00 bits per heavy atom. The van der Waals surface area contributed by atoms with E-state index in [9.17, 15) is 0 Å². The van der Waals surface area contributed by atoms with Crippen molar-refractivity contribution in [2.24, 2.45) is 0 Å². The lowest BCUT2D eigenvalue weighted by atomic mass is 10.5. The van der Waals surface area contributed by atoms with Crippen LogP contribution in [0.3, 0.4) is 0 Å². The quantitative estimate of drug-likeness (QED) is 0.720. The summed E-state index contributed by atoms with van der Waals surface area (Å²) in [6.07, 6.45) is 2.01. The molecule has 0 aliphatic rings. The summed E-state index contributed by atoms with van der Waals surface area (Å²) in [5.41, 5.74) is 0. The van der Waals surface area contributed by atoms with E-state index in [2.05, 4.69) is 15.4 Å². The van der Waals surface area contributed by atoms with Crippen molar-refractivity contribution < 1.29 is 4.74 Å². The fraction of sp³-hybridized carbons (Fsp3) is 0.778. The van der Waals surface area contributed by atoms with Gasteiger partial charge in [-0.15, -0.1) is 0 Å². The van der Waals surface area contributed by atoms with Crippen molar-refractivity contribution >= 4 is 0 Å². The fourth-order valence-corrected chi connectivity index (χ4v) is 1.06. The number of aromatic nitrogens is 3. The summed E-state index contributed by atoms with van der Waals surface area (Å²) >= 11 is 0. The van der Waals surface area contributed by atoms with E-state index in [0.717, 1.165) is 12.4 Å². The molecule has 14 heavy (non-hydrogen) atoms. The molecule has 0 saturated heterocycles. The maximum atomic E-state index is 5.41. The maximum absolute atomic E-state index is 5.41. The van der Waals surface area contributed by atoms with Gasteiger partial charge in [-0.05, 0) is 20.9 Å². The standard InChI is InChI=1S/C9H18N4O/c1-8(2)14-5-4-13-7-11-9(12-13)6-10-3/h7-8,10H,4-6H2,1-3H3. The van der Waals surface area contributed by atoms with Crippen molar-refractivity contribution in [3.63, 3.8) is 0 Å².